The van der Waals surface area contributed by atoms with Crippen LogP contribution in [0.4, 0.5) is 0 Å². The Morgan fingerprint density at radius 1 is 0.269 bits per heavy atom. The first-order valence-corrected chi connectivity index (χ1v) is 33.9. The number of ether oxygens (including phenoxy) is 3. The molecule has 0 amide bonds. The Labute approximate surface area is 484 Å². The Kier molecular flexibility index (Phi) is 63.7. The lowest BCUT2D eigenvalue weighted by molar-refractivity contribution is -0.166. The van der Waals surface area contributed by atoms with Gasteiger partial charge in [-0.1, -0.05) is 325 Å². The second-order valence-corrected chi connectivity index (χ2v) is 22.7. The van der Waals surface area contributed by atoms with Crippen LogP contribution in [0.5, 0.6) is 0 Å². The number of unbranched alkanes of at least 4 members (excludes halogenated alkanes) is 39. The van der Waals surface area contributed by atoms with Crippen LogP contribution in [0.3, 0.4) is 0 Å². The highest BCUT2D eigenvalue weighted by Crippen LogP contribution is 2.18. The number of hydrogen-bond acceptors (Lipinski definition) is 6. The molecular weight excluding hydrogens is 961 g/mol. The maximum absolute atomic E-state index is 12.9. The molecule has 1 atom stereocenters. The quantitative estimate of drug-likeness (QED) is 0.0261. The van der Waals surface area contributed by atoms with Crippen molar-refractivity contribution in [2.75, 3.05) is 13.2 Å². The van der Waals surface area contributed by atoms with Crippen LogP contribution < -0.4 is 0 Å². The van der Waals surface area contributed by atoms with Crippen molar-refractivity contribution in [2.45, 2.75) is 354 Å². The lowest BCUT2D eigenvalue weighted by atomic mass is 10.0. The van der Waals surface area contributed by atoms with Crippen molar-refractivity contribution in [3.05, 3.63) is 72.9 Å². The van der Waals surface area contributed by atoms with Gasteiger partial charge in [0.05, 0.1) is 0 Å². The van der Waals surface area contributed by atoms with Crippen LogP contribution in [0.2, 0.25) is 0 Å². The Balaban J connectivity index is 4.25. The van der Waals surface area contributed by atoms with E-state index in [1.807, 2.05) is 6.08 Å². The predicted molar refractivity (Wildman–Crippen MR) is 339 cm³/mol. The fourth-order valence-electron chi connectivity index (χ4n) is 9.90. The van der Waals surface area contributed by atoms with E-state index in [1.54, 1.807) is 0 Å². The van der Waals surface area contributed by atoms with Crippen molar-refractivity contribution < 1.29 is 28.6 Å². The Morgan fingerprint density at radius 2 is 0.526 bits per heavy atom. The normalized spacial score (nSPS) is 12.5. The van der Waals surface area contributed by atoms with Crippen molar-refractivity contribution in [1.82, 2.24) is 0 Å². The van der Waals surface area contributed by atoms with Gasteiger partial charge < -0.3 is 14.2 Å². The number of esters is 3. The van der Waals surface area contributed by atoms with Crippen molar-refractivity contribution in [2.24, 2.45) is 0 Å². The summed E-state index contributed by atoms with van der Waals surface area (Å²) in [6.45, 7) is 6.48. The summed E-state index contributed by atoms with van der Waals surface area (Å²) in [4.78, 5) is 38.3. The Morgan fingerprint density at radius 3 is 0.885 bits per heavy atom. The number of hydrogen-bond donors (Lipinski definition) is 0. The molecule has 0 aliphatic rings. The fourth-order valence-corrected chi connectivity index (χ4v) is 9.90. The van der Waals surface area contributed by atoms with E-state index in [4.69, 9.17) is 14.2 Å². The first-order valence-electron chi connectivity index (χ1n) is 33.9. The Hall–Kier alpha value is -3.15. The van der Waals surface area contributed by atoms with Gasteiger partial charge in [0.15, 0.2) is 6.10 Å². The lowest BCUT2D eigenvalue weighted by Crippen LogP contribution is -2.30. The highest BCUT2D eigenvalue weighted by atomic mass is 16.6. The molecule has 0 heterocycles. The van der Waals surface area contributed by atoms with E-state index < -0.39 is 6.10 Å². The van der Waals surface area contributed by atoms with Crippen LogP contribution in [-0.4, -0.2) is 37.2 Å². The van der Waals surface area contributed by atoms with Gasteiger partial charge in [0, 0.05) is 19.3 Å². The molecule has 0 bridgehead atoms. The minimum atomic E-state index is -0.806. The molecule has 0 saturated carbocycles. The average Bonchev–Trinajstić information content (AvgIpc) is 3.44. The van der Waals surface area contributed by atoms with Crippen LogP contribution in [0.15, 0.2) is 72.9 Å². The van der Waals surface area contributed by atoms with Gasteiger partial charge in [-0.15, -0.1) is 0 Å². The predicted octanol–water partition coefficient (Wildman–Crippen LogP) is 23.3. The SMILES string of the molecule is CC/C=C\C/C=C\C/C=C\C/C=C\CCC(=O)OCC(COC(=O)CCCCCCCCCCCCCCCCCCCCCCCCCCCCCC)OC(=O)CCCCCCCCCCC/C=C\C/C=C\CCCCC. The van der Waals surface area contributed by atoms with E-state index in [2.05, 4.69) is 87.6 Å². The van der Waals surface area contributed by atoms with Gasteiger partial charge in [-0.25, -0.2) is 0 Å². The highest BCUT2D eigenvalue weighted by Gasteiger charge is 2.19. The van der Waals surface area contributed by atoms with Crippen LogP contribution in [-0.2, 0) is 28.6 Å². The second-order valence-electron chi connectivity index (χ2n) is 22.7. The number of rotatable bonds is 62. The zero-order chi connectivity index (χ0) is 56.4. The van der Waals surface area contributed by atoms with E-state index in [1.165, 1.54) is 231 Å². The molecule has 0 aliphatic heterocycles. The van der Waals surface area contributed by atoms with Crippen LogP contribution in [0.1, 0.15) is 348 Å². The summed E-state index contributed by atoms with van der Waals surface area (Å²) < 4.78 is 16.9. The molecular formula is C72H128O6. The minimum absolute atomic E-state index is 0.0961. The summed E-state index contributed by atoms with van der Waals surface area (Å²) >= 11 is 0. The number of carbonyl (C=O) groups is 3. The zero-order valence-electron chi connectivity index (χ0n) is 51.9. The van der Waals surface area contributed by atoms with Crippen LogP contribution in [0.25, 0.3) is 0 Å². The van der Waals surface area contributed by atoms with E-state index >= 15 is 0 Å². The number of carbonyl (C=O) groups excluding carboxylic acids is 3. The summed E-state index contributed by atoms with van der Waals surface area (Å²) in [7, 11) is 0. The third kappa shape index (κ3) is 63.7. The van der Waals surface area contributed by atoms with Crippen molar-refractivity contribution >= 4 is 17.9 Å². The maximum atomic E-state index is 12.9. The molecule has 0 rings (SSSR count). The van der Waals surface area contributed by atoms with Crippen LogP contribution >= 0.6 is 0 Å². The highest BCUT2D eigenvalue weighted by molar-refractivity contribution is 5.71. The molecule has 0 aliphatic carbocycles. The van der Waals surface area contributed by atoms with Gasteiger partial charge in [0.1, 0.15) is 13.2 Å². The maximum Gasteiger partial charge on any atom is 0.306 e. The molecule has 0 radical (unpaired) electrons. The third-order valence-corrected chi connectivity index (χ3v) is 15.0. The molecule has 452 valence electrons. The van der Waals surface area contributed by atoms with E-state index in [-0.39, 0.29) is 37.5 Å². The summed E-state index contributed by atoms with van der Waals surface area (Å²) in [6.07, 6.45) is 86.7. The summed E-state index contributed by atoms with van der Waals surface area (Å²) in [5.74, 6) is -0.969. The van der Waals surface area contributed by atoms with E-state index in [0.29, 0.717) is 19.3 Å². The average molecular weight is 1090 g/mol. The zero-order valence-corrected chi connectivity index (χ0v) is 51.9. The molecule has 0 aromatic heterocycles. The second kappa shape index (κ2) is 66.4. The number of allylic oxidation sites excluding steroid dienone is 12. The molecule has 0 aromatic rings. The summed E-state index contributed by atoms with van der Waals surface area (Å²) in [5.41, 5.74) is 0. The van der Waals surface area contributed by atoms with Gasteiger partial charge in [-0.2, -0.15) is 0 Å². The summed E-state index contributed by atoms with van der Waals surface area (Å²) in [6, 6.07) is 0. The standard InChI is InChI=1S/C72H128O6/c1-4-7-10-13-16-19-22-25-27-29-31-32-33-34-35-36-37-38-39-41-42-44-47-50-53-56-59-62-65-71(74)77-68-69(67-76-70(73)64-61-58-55-52-49-46-24-21-18-15-12-9-6-3)78-72(75)66-63-60-57-54-51-48-45-43-40-30-28-26-23-20-17-14-11-8-5-2/h9,12,17-18,20-21,26,28,46,49,55,58,69H,4-8,10-11,13-16,19,22-25,27,29-45,47-48,50-54,56-57,59-68H2,1-3H3/b12-9-,20-17-,21-18-,28-26-,49-46-,58-55-. The minimum Gasteiger partial charge on any atom is -0.462 e. The smallest absolute Gasteiger partial charge is 0.306 e. The van der Waals surface area contributed by atoms with E-state index in [9.17, 15) is 14.4 Å². The largest absolute Gasteiger partial charge is 0.462 e. The molecule has 6 nitrogen and oxygen atoms in total. The van der Waals surface area contributed by atoms with Gasteiger partial charge in [0.2, 0.25) is 0 Å². The monoisotopic (exact) mass is 1090 g/mol. The Bertz CT molecular complexity index is 1440. The lowest BCUT2D eigenvalue weighted by Gasteiger charge is -2.18. The topological polar surface area (TPSA) is 78.9 Å². The van der Waals surface area contributed by atoms with E-state index in [0.717, 1.165) is 70.6 Å². The van der Waals surface area contributed by atoms with Gasteiger partial charge in [-0.05, 0) is 77.0 Å². The van der Waals surface area contributed by atoms with Gasteiger partial charge >= 0.3 is 17.9 Å². The third-order valence-electron chi connectivity index (χ3n) is 15.0. The van der Waals surface area contributed by atoms with Crippen LogP contribution in [0, 0.1) is 0 Å². The first-order chi connectivity index (χ1) is 38.5. The summed E-state index contributed by atoms with van der Waals surface area (Å²) in [5, 5.41) is 0. The molecule has 0 fully saturated rings. The molecule has 0 N–H and O–H groups in total. The van der Waals surface area contributed by atoms with Gasteiger partial charge in [-0.3, -0.25) is 14.4 Å². The van der Waals surface area contributed by atoms with Crippen molar-refractivity contribution in [3.63, 3.8) is 0 Å². The molecule has 0 aromatic carbocycles. The van der Waals surface area contributed by atoms with Crippen molar-refractivity contribution in [3.8, 4) is 0 Å². The van der Waals surface area contributed by atoms with Gasteiger partial charge in [0.25, 0.3) is 0 Å². The molecule has 0 spiro atoms. The molecule has 78 heavy (non-hydrogen) atoms. The molecule has 6 heteroatoms. The molecule has 0 saturated heterocycles. The first kappa shape index (κ1) is 74.8. The molecule has 1 unspecified atom stereocenters. The van der Waals surface area contributed by atoms with Crippen molar-refractivity contribution in [1.29, 1.82) is 0 Å². The fraction of sp³-hybridized carbons (Fsp3) is 0.792.